The van der Waals surface area contributed by atoms with Crippen molar-refractivity contribution in [2.45, 2.75) is 52.5 Å². The average molecular weight is 553 g/mol. The number of guanidine groups is 1. The summed E-state index contributed by atoms with van der Waals surface area (Å²) >= 11 is 0. The van der Waals surface area contributed by atoms with E-state index in [4.69, 9.17) is 4.99 Å². The molecular weight excluding hydrogens is 515 g/mol. The Morgan fingerprint density at radius 3 is 2.78 bits per heavy atom. The minimum Gasteiger partial charge on any atom is -0.357 e. The molecule has 0 fully saturated rings. The molecule has 0 unspecified atom stereocenters. The number of aliphatic imine (C=N–C) groups is 1. The molecule has 1 N–H and O–H groups in total. The maximum atomic E-state index is 12.7. The summed E-state index contributed by atoms with van der Waals surface area (Å²) in [5, 5.41) is 7.97. The number of anilines is 1. The predicted octanol–water partition coefficient (Wildman–Crippen LogP) is 3.93. The zero-order valence-electron chi connectivity index (χ0n) is 20.0. The van der Waals surface area contributed by atoms with Crippen molar-refractivity contribution in [2.24, 2.45) is 12.0 Å². The van der Waals surface area contributed by atoms with Crippen LogP contribution < -0.4 is 10.2 Å². The molecule has 0 atom stereocenters. The molecule has 1 aromatic heterocycles. The van der Waals surface area contributed by atoms with Crippen molar-refractivity contribution in [1.82, 2.24) is 20.0 Å². The van der Waals surface area contributed by atoms with Crippen LogP contribution in [0, 0.1) is 0 Å². The lowest BCUT2D eigenvalue weighted by atomic mass is 10.1. The van der Waals surface area contributed by atoms with Gasteiger partial charge in [0.05, 0.1) is 5.69 Å². The number of hydrogen-bond donors (Lipinski definition) is 1. The molecule has 0 saturated heterocycles. The summed E-state index contributed by atoms with van der Waals surface area (Å²) in [6.45, 7) is 9.37. The van der Waals surface area contributed by atoms with Gasteiger partial charge < -0.3 is 15.1 Å². The van der Waals surface area contributed by atoms with Gasteiger partial charge >= 0.3 is 0 Å². The number of hydrogen-bond acceptors (Lipinski definition) is 3. The van der Waals surface area contributed by atoms with Crippen molar-refractivity contribution >= 4 is 41.5 Å². The summed E-state index contributed by atoms with van der Waals surface area (Å²) < 4.78 is 1.88. The van der Waals surface area contributed by atoms with Gasteiger partial charge in [0.1, 0.15) is 0 Å². The molecule has 7 nitrogen and oxygen atoms in total. The number of carbonyl (C=O) groups is 1. The fourth-order valence-electron chi connectivity index (χ4n) is 4.11. The maximum absolute atomic E-state index is 12.7. The number of nitrogens with one attached hydrogen (secondary N) is 1. The van der Waals surface area contributed by atoms with Gasteiger partial charge in [-0.25, -0.2) is 0 Å². The normalized spacial score (nSPS) is 13.2. The van der Waals surface area contributed by atoms with Gasteiger partial charge in [0, 0.05) is 64.1 Å². The molecular formula is C24H37IN6O. The van der Waals surface area contributed by atoms with E-state index in [1.165, 1.54) is 11.1 Å². The fourth-order valence-corrected chi connectivity index (χ4v) is 4.11. The van der Waals surface area contributed by atoms with Crippen LogP contribution in [0.4, 0.5) is 5.69 Å². The van der Waals surface area contributed by atoms with Crippen LogP contribution in [-0.2, 0) is 24.8 Å². The number of para-hydroxylation sites is 1. The standard InChI is InChI=1S/C24H36N6O.HI/c1-6-25-24(28(4)16-20-17-29(5)27-23(20)18(2)3)26-14-9-12-22(31)30-15-13-19-10-7-8-11-21(19)30;/h7-8,10-11,17-18H,6,9,12-16H2,1-5H3,(H,25,26);1H. The van der Waals surface area contributed by atoms with Gasteiger partial charge in [-0.15, -0.1) is 24.0 Å². The SMILES string of the molecule is CCNC(=NCCCC(=O)N1CCc2ccccc21)N(C)Cc1cn(C)nc1C(C)C.I. The largest absolute Gasteiger partial charge is 0.357 e. The number of amides is 1. The highest BCUT2D eigenvalue weighted by Gasteiger charge is 2.23. The Labute approximate surface area is 209 Å². The van der Waals surface area contributed by atoms with Gasteiger partial charge in [0.15, 0.2) is 5.96 Å². The second kappa shape index (κ2) is 12.2. The third-order valence-electron chi connectivity index (χ3n) is 5.59. The number of aryl methyl sites for hydroxylation is 1. The zero-order valence-corrected chi connectivity index (χ0v) is 22.3. The molecule has 176 valence electrons. The van der Waals surface area contributed by atoms with E-state index >= 15 is 0 Å². The number of rotatable bonds is 8. The van der Waals surface area contributed by atoms with Crippen LogP contribution in [0.5, 0.6) is 0 Å². The third kappa shape index (κ3) is 6.46. The third-order valence-corrected chi connectivity index (χ3v) is 5.59. The molecule has 1 aromatic carbocycles. The molecule has 3 rings (SSSR count). The molecule has 2 aromatic rings. The van der Waals surface area contributed by atoms with E-state index in [-0.39, 0.29) is 29.9 Å². The molecule has 8 heteroatoms. The van der Waals surface area contributed by atoms with Gasteiger partial charge in [-0.1, -0.05) is 32.0 Å². The van der Waals surface area contributed by atoms with Gasteiger partial charge in [-0.3, -0.25) is 14.5 Å². The summed E-state index contributed by atoms with van der Waals surface area (Å²) in [6, 6.07) is 8.19. The Kier molecular flexibility index (Phi) is 9.99. The number of fused-ring (bicyclic) bond motifs is 1. The fraction of sp³-hybridized carbons (Fsp3) is 0.542. The average Bonchev–Trinajstić information content (AvgIpc) is 3.33. The van der Waals surface area contributed by atoms with Crippen molar-refractivity contribution in [2.75, 3.05) is 31.6 Å². The molecule has 0 saturated carbocycles. The van der Waals surface area contributed by atoms with Gasteiger partial charge in [-0.2, -0.15) is 5.10 Å². The van der Waals surface area contributed by atoms with Crippen LogP contribution in [0.2, 0.25) is 0 Å². The Hall–Kier alpha value is -2.10. The second-order valence-electron chi connectivity index (χ2n) is 8.49. The Bertz CT molecular complexity index is 923. The molecule has 2 heterocycles. The Morgan fingerprint density at radius 1 is 1.31 bits per heavy atom. The van der Waals surface area contributed by atoms with Crippen LogP contribution in [0.25, 0.3) is 0 Å². The lowest BCUT2D eigenvalue weighted by molar-refractivity contribution is -0.118. The molecule has 0 spiro atoms. The van der Waals surface area contributed by atoms with E-state index in [1.807, 2.05) is 41.9 Å². The number of carbonyl (C=O) groups excluding carboxylic acids is 1. The van der Waals surface area contributed by atoms with Crippen LogP contribution in [0.15, 0.2) is 35.5 Å². The lowest BCUT2D eigenvalue weighted by Gasteiger charge is -2.22. The van der Waals surface area contributed by atoms with Crippen molar-refractivity contribution in [3.63, 3.8) is 0 Å². The molecule has 0 radical (unpaired) electrons. The number of halogens is 1. The van der Waals surface area contributed by atoms with E-state index in [0.29, 0.717) is 18.9 Å². The van der Waals surface area contributed by atoms with E-state index in [2.05, 4.69) is 48.3 Å². The lowest BCUT2D eigenvalue weighted by Crippen LogP contribution is -2.38. The second-order valence-corrected chi connectivity index (χ2v) is 8.49. The molecule has 0 aliphatic carbocycles. The molecule has 0 bridgehead atoms. The topological polar surface area (TPSA) is 65.8 Å². The highest BCUT2D eigenvalue weighted by Crippen LogP contribution is 2.28. The van der Waals surface area contributed by atoms with E-state index in [9.17, 15) is 4.79 Å². The molecule has 1 amide bonds. The van der Waals surface area contributed by atoms with Crippen LogP contribution >= 0.6 is 24.0 Å². The first-order chi connectivity index (χ1) is 14.9. The first-order valence-corrected chi connectivity index (χ1v) is 11.3. The minimum atomic E-state index is 0. The number of aromatic nitrogens is 2. The van der Waals surface area contributed by atoms with E-state index < -0.39 is 0 Å². The monoisotopic (exact) mass is 552 g/mol. The van der Waals surface area contributed by atoms with Crippen molar-refractivity contribution < 1.29 is 4.79 Å². The van der Waals surface area contributed by atoms with Gasteiger partial charge in [-0.05, 0) is 37.3 Å². The van der Waals surface area contributed by atoms with Crippen molar-refractivity contribution in [3.05, 3.63) is 47.3 Å². The smallest absolute Gasteiger partial charge is 0.227 e. The molecule has 32 heavy (non-hydrogen) atoms. The summed E-state index contributed by atoms with van der Waals surface area (Å²) in [6.07, 6.45) is 4.29. The first kappa shape index (κ1) is 26.2. The van der Waals surface area contributed by atoms with Crippen molar-refractivity contribution in [3.8, 4) is 0 Å². The summed E-state index contributed by atoms with van der Waals surface area (Å²) in [5.41, 5.74) is 4.68. The highest BCUT2D eigenvalue weighted by molar-refractivity contribution is 14.0. The zero-order chi connectivity index (χ0) is 22.4. The first-order valence-electron chi connectivity index (χ1n) is 11.3. The number of benzene rings is 1. The van der Waals surface area contributed by atoms with Crippen molar-refractivity contribution in [1.29, 1.82) is 0 Å². The van der Waals surface area contributed by atoms with E-state index in [0.717, 1.165) is 49.8 Å². The van der Waals surface area contributed by atoms with Gasteiger partial charge in [0.25, 0.3) is 0 Å². The minimum absolute atomic E-state index is 0. The number of nitrogens with zero attached hydrogens (tertiary/aromatic N) is 5. The summed E-state index contributed by atoms with van der Waals surface area (Å²) in [7, 11) is 4.01. The van der Waals surface area contributed by atoms with Crippen LogP contribution in [0.1, 0.15) is 56.4 Å². The van der Waals surface area contributed by atoms with Crippen LogP contribution in [-0.4, -0.2) is 53.2 Å². The molecule has 1 aliphatic rings. The van der Waals surface area contributed by atoms with Crippen LogP contribution in [0.3, 0.4) is 0 Å². The predicted molar refractivity (Wildman–Crippen MR) is 142 cm³/mol. The summed E-state index contributed by atoms with van der Waals surface area (Å²) in [5.74, 6) is 1.43. The summed E-state index contributed by atoms with van der Waals surface area (Å²) in [4.78, 5) is 21.5. The molecule has 1 aliphatic heterocycles. The Morgan fingerprint density at radius 2 is 2.06 bits per heavy atom. The highest BCUT2D eigenvalue weighted by atomic mass is 127. The van der Waals surface area contributed by atoms with Gasteiger partial charge in [0.2, 0.25) is 5.91 Å². The Balaban J connectivity index is 0.00000363. The maximum Gasteiger partial charge on any atom is 0.227 e. The quantitative estimate of drug-likeness (QED) is 0.233. The van der Waals surface area contributed by atoms with E-state index in [1.54, 1.807) is 0 Å².